The van der Waals surface area contributed by atoms with E-state index in [1.54, 1.807) is 12.1 Å². The van der Waals surface area contributed by atoms with Crippen molar-refractivity contribution in [2.45, 2.75) is 52.0 Å². The Morgan fingerprint density at radius 2 is 1.22 bits per heavy atom. The van der Waals surface area contributed by atoms with Gasteiger partial charge in [-0.3, -0.25) is 19.3 Å². The zero-order valence-electron chi connectivity index (χ0n) is 26.4. The monoisotopic (exact) mass is 622 g/mol. The molecule has 0 saturated carbocycles. The number of benzene rings is 3. The Balaban J connectivity index is 1.16. The average Bonchev–Trinajstić information content (AvgIpc) is 3.31. The Morgan fingerprint density at radius 3 is 1.67 bits per heavy atom. The number of esters is 2. The molecule has 46 heavy (non-hydrogen) atoms. The fourth-order valence-electron chi connectivity index (χ4n) is 7.21. The van der Waals surface area contributed by atoms with Crippen LogP contribution in [0.3, 0.4) is 0 Å². The summed E-state index contributed by atoms with van der Waals surface area (Å²) in [4.78, 5) is 68.0. The van der Waals surface area contributed by atoms with Crippen LogP contribution in [0, 0.1) is 23.7 Å². The first-order valence-electron chi connectivity index (χ1n) is 15.8. The van der Waals surface area contributed by atoms with Crippen molar-refractivity contribution in [3.05, 3.63) is 101 Å². The van der Waals surface area contributed by atoms with Crippen molar-refractivity contribution < 1.29 is 33.4 Å². The maximum atomic E-state index is 14.2. The Kier molecular flexibility index (Phi) is 8.51. The summed E-state index contributed by atoms with van der Waals surface area (Å²) in [5.74, 6) is -4.20. The molecule has 3 aromatic carbocycles. The van der Waals surface area contributed by atoms with Crippen LogP contribution in [-0.2, 0) is 28.7 Å². The fraction of sp³-hybridized carbons (Fsp3) is 0.378. The number of carbonyl (C=O) groups excluding carboxylic acids is 5. The van der Waals surface area contributed by atoms with Crippen LogP contribution in [0.25, 0.3) is 0 Å². The van der Waals surface area contributed by atoms with Gasteiger partial charge < -0.3 is 14.8 Å². The van der Waals surface area contributed by atoms with Gasteiger partial charge in [-0.2, -0.15) is 0 Å². The maximum Gasteiger partial charge on any atom is 0.338 e. The van der Waals surface area contributed by atoms with Gasteiger partial charge >= 0.3 is 11.9 Å². The predicted octanol–water partition coefficient (Wildman–Crippen LogP) is 5.29. The number of nitrogens with one attached hydrogen (secondary N) is 1. The molecule has 1 saturated heterocycles. The molecule has 0 radical (unpaired) electrons. The van der Waals surface area contributed by atoms with Gasteiger partial charge in [0.15, 0.2) is 6.61 Å². The van der Waals surface area contributed by atoms with E-state index in [4.69, 9.17) is 9.47 Å². The minimum atomic E-state index is -1.15. The Bertz CT molecular complexity index is 1580. The summed E-state index contributed by atoms with van der Waals surface area (Å²) in [5, 5.41) is 2.65. The topological polar surface area (TPSA) is 119 Å². The normalized spacial score (nSPS) is 21.5. The molecule has 1 fully saturated rings. The van der Waals surface area contributed by atoms with Gasteiger partial charge in [0.1, 0.15) is 6.04 Å². The van der Waals surface area contributed by atoms with Gasteiger partial charge in [-0.15, -0.1) is 0 Å². The molecule has 1 aliphatic heterocycles. The molecule has 2 bridgehead atoms. The molecule has 7 rings (SSSR count). The molecule has 3 amide bonds. The van der Waals surface area contributed by atoms with Crippen LogP contribution in [0.5, 0.6) is 0 Å². The maximum absolute atomic E-state index is 14.2. The lowest BCUT2D eigenvalue weighted by atomic mass is 9.55. The number of imide groups is 1. The molecular weight excluding hydrogens is 584 g/mol. The highest BCUT2D eigenvalue weighted by Crippen LogP contribution is 2.61. The van der Waals surface area contributed by atoms with Crippen LogP contribution >= 0.6 is 0 Å². The van der Waals surface area contributed by atoms with Crippen LogP contribution in [0.1, 0.15) is 78.6 Å². The summed E-state index contributed by atoms with van der Waals surface area (Å²) in [6, 6.07) is 21.0. The Labute approximate surface area is 268 Å². The van der Waals surface area contributed by atoms with Gasteiger partial charge in [0.25, 0.3) is 5.91 Å². The van der Waals surface area contributed by atoms with E-state index in [0.717, 1.165) is 27.2 Å². The van der Waals surface area contributed by atoms with Gasteiger partial charge in [-0.25, -0.2) is 9.59 Å². The molecule has 3 aromatic rings. The van der Waals surface area contributed by atoms with Gasteiger partial charge in [-0.1, -0.05) is 76.2 Å². The molecular formula is C37H38N2O7. The minimum Gasteiger partial charge on any atom is -0.462 e. The molecule has 0 unspecified atom stereocenters. The smallest absolute Gasteiger partial charge is 0.338 e. The lowest BCUT2D eigenvalue weighted by Gasteiger charge is -2.45. The van der Waals surface area contributed by atoms with Crippen molar-refractivity contribution in [3.8, 4) is 0 Å². The summed E-state index contributed by atoms with van der Waals surface area (Å²) >= 11 is 0. The zero-order valence-corrected chi connectivity index (χ0v) is 26.4. The first kappa shape index (κ1) is 31.2. The third-order valence-corrected chi connectivity index (χ3v) is 9.06. The minimum absolute atomic E-state index is 0.0357. The third kappa shape index (κ3) is 5.59. The number of ether oxygens (including phenoxy) is 2. The van der Waals surface area contributed by atoms with Gasteiger partial charge in [0, 0.05) is 17.5 Å². The molecule has 9 heteroatoms. The van der Waals surface area contributed by atoms with Crippen molar-refractivity contribution >= 4 is 35.3 Å². The highest BCUT2D eigenvalue weighted by atomic mass is 16.5. The largest absolute Gasteiger partial charge is 0.462 e. The van der Waals surface area contributed by atoms with E-state index in [-0.39, 0.29) is 41.9 Å². The second kappa shape index (κ2) is 12.5. The molecule has 4 aliphatic rings. The van der Waals surface area contributed by atoms with E-state index in [9.17, 15) is 24.0 Å². The molecule has 1 N–H and O–H groups in total. The molecule has 1 heterocycles. The van der Waals surface area contributed by atoms with E-state index in [2.05, 4.69) is 5.32 Å². The number of rotatable bonds is 10. The molecule has 0 spiro atoms. The second-order valence-electron chi connectivity index (χ2n) is 13.2. The summed E-state index contributed by atoms with van der Waals surface area (Å²) < 4.78 is 10.7. The van der Waals surface area contributed by atoms with Crippen molar-refractivity contribution in [3.63, 3.8) is 0 Å². The molecule has 9 nitrogen and oxygen atoms in total. The third-order valence-electron chi connectivity index (χ3n) is 9.06. The van der Waals surface area contributed by atoms with Crippen LogP contribution in [-0.4, -0.2) is 53.8 Å². The first-order chi connectivity index (χ1) is 22.1. The van der Waals surface area contributed by atoms with Crippen LogP contribution < -0.4 is 5.32 Å². The predicted molar refractivity (Wildman–Crippen MR) is 170 cm³/mol. The summed E-state index contributed by atoms with van der Waals surface area (Å²) in [7, 11) is 0. The van der Waals surface area contributed by atoms with E-state index in [1.165, 1.54) is 12.1 Å². The summed E-state index contributed by atoms with van der Waals surface area (Å²) in [6.07, 6.45) is 0.209. The van der Waals surface area contributed by atoms with Crippen molar-refractivity contribution in [1.29, 1.82) is 0 Å². The quantitative estimate of drug-likeness (QED) is 0.241. The number of hydrogen-bond acceptors (Lipinski definition) is 7. The van der Waals surface area contributed by atoms with E-state index in [1.807, 2.05) is 76.2 Å². The number of likely N-dealkylation sites (tertiary alicyclic amines) is 1. The second-order valence-corrected chi connectivity index (χ2v) is 13.2. The highest BCUT2D eigenvalue weighted by molar-refractivity contribution is 6.10. The van der Waals surface area contributed by atoms with Crippen molar-refractivity contribution in [2.75, 3.05) is 18.5 Å². The average molecular weight is 623 g/mol. The van der Waals surface area contributed by atoms with Crippen LogP contribution in [0.2, 0.25) is 0 Å². The van der Waals surface area contributed by atoms with Crippen LogP contribution in [0.4, 0.5) is 5.69 Å². The van der Waals surface area contributed by atoms with Crippen molar-refractivity contribution in [2.24, 2.45) is 23.7 Å². The lowest BCUT2D eigenvalue weighted by molar-refractivity contribution is -0.160. The molecule has 3 atom stereocenters. The standard InChI is InChI=1S/C37H38N2O7/c1-20(2)17-28(37(44)46-19-29(40)38-23-15-13-22(14-16-23)36(43)45-18-21(3)4)39-34(41)32-30-24-9-5-6-10-25(24)31(33(32)35(39)42)27-12-8-7-11-26(27)30/h5-16,20-21,28,30-33H,17-19H2,1-4H3,(H,38,40)/t28-,30?,31?,32-,33-/m0/s1. The number of hydrogen-bond donors (Lipinski definition) is 1. The molecule has 0 aromatic heterocycles. The molecule has 3 aliphatic carbocycles. The van der Waals surface area contributed by atoms with Crippen LogP contribution in [0.15, 0.2) is 72.8 Å². The zero-order chi connectivity index (χ0) is 32.7. The number of nitrogens with zero attached hydrogens (tertiary/aromatic N) is 1. The van der Waals surface area contributed by atoms with Gasteiger partial charge in [0.05, 0.1) is 24.0 Å². The number of amides is 3. The SMILES string of the molecule is CC(C)COC(=O)c1ccc(NC(=O)COC(=O)[C@H](CC(C)C)N2C(=O)[C@H]3C4c5ccccc5C(c5ccccc54)[C@@H]3C2=O)cc1. The number of anilines is 1. The first-order valence-corrected chi connectivity index (χ1v) is 15.8. The van der Waals surface area contributed by atoms with Gasteiger partial charge in [0.2, 0.25) is 11.8 Å². The van der Waals surface area contributed by atoms with E-state index < -0.39 is 42.3 Å². The van der Waals surface area contributed by atoms with Crippen molar-refractivity contribution in [1.82, 2.24) is 4.90 Å². The highest BCUT2D eigenvalue weighted by Gasteiger charge is 2.63. The Morgan fingerprint density at radius 1 is 0.717 bits per heavy atom. The summed E-state index contributed by atoms with van der Waals surface area (Å²) in [5.41, 5.74) is 4.96. The Hall–Kier alpha value is -4.79. The molecule has 238 valence electrons. The van der Waals surface area contributed by atoms with E-state index >= 15 is 0 Å². The van der Waals surface area contributed by atoms with E-state index in [0.29, 0.717) is 17.9 Å². The fourth-order valence-corrected chi connectivity index (χ4v) is 7.21. The number of carbonyl (C=O) groups is 5. The van der Waals surface area contributed by atoms with Gasteiger partial charge in [-0.05, 0) is 64.8 Å². The summed E-state index contributed by atoms with van der Waals surface area (Å²) in [6.45, 7) is 7.40. The lowest BCUT2D eigenvalue weighted by Crippen LogP contribution is -2.47.